The van der Waals surface area contributed by atoms with E-state index < -0.39 is 17.6 Å². The molecule has 0 amide bonds. The van der Waals surface area contributed by atoms with Gasteiger partial charge in [-0.1, -0.05) is 0 Å². The fraction of sp³-hybridized carbons (Fsp3) is 0.300. The van der Waals surface area contributed by atoms with E-state index in [2.05, 4.69) is 26.0 Å². The second-order valence-corrected chi connectivity index (χ2v) is 3.76. The lowest BCUT2D eigenvalue weighted by atomic mass is 10.3. The molecule has 16 heavy (non-hydrogen) atoms. The van der Waals surface area contributed by atoms with Crippen molar-refractivity contribution < 1.29 is 18.3 Å². The SMILES string of the molecule is CCOC(=O)CNc1c(F)cc(F)cc1Br. The highest BCUT2D eigenvalue weighted by molar-refractivity contribution is 9.10. The number of carbonyl (C=O) groups is 1. The van der Waals surface area contributed by atoms with Crippen LogP contribution in [0.1, 0.15) is 6.92 Å². The largest absolute Gasteiger partial charge is 0.465 e. The van der Waals surface area contributed by atoms with Gasteiger partial charge in [0.05, 0.1) is 12.3 Å². The van der Waals surface area contributed by atoms with E-state index in [9.17, 15) is 13.6 Å². The summed E-state index contributed by atoms with van der Waals surface area (Å²) < 4.78 is 30.9. The van der Waals surface area contributed by atoms with Crippen LogP contribution in [0, 0.1) is 11.6 Å². The molecule has 3 nitrogen and oxygen atoms in total. The molecule has 0 aliphatic carbocycles. The number of carbonyl (C=O) groups excluding carboxylic acids is 1. The maximum absolute atomic E-state index is 13.3. The molecule has 0 radical (unpaired) electrons. The number of ether oxygens (including phenoxy) is 1. The molecule has 88 valence electrons. The lowest BCUT2D eigenvalue weighted by molar-refractivity contribution is -0.140. The zero-order chi connectivity index (χ0) is 12.1. The number of hydrogen-bond donors (Lipinski definition) is 1. The Morgan fingerprint density at radius 2 is 2.19 bits per heavy atom. The van der Waals surface area contributed by atoms with Crippen molar-refractivity contribution in [1.82, 2.24) is 0 Å². The van der Waals surface area contributed by atoms with Crippen molar-refractivity contribution in [3.05, 3.63) is 28.2 Å². The predicted octanol–water partition coefficient (Wildman–Crippen LogP) is 2.70. The molecule has 6 heteroatoms. The zero-order valence-electron chi connectivity index (χ0n) is 8.52. The van der Waals surface area contributed by atoms with Crippen molar-refractivity contribution in [1.29, 1.82) is 0 Å². The van der Waals surface area contributed by atoms with Crippen LogP contribution in [0.4, 0.5) is 14.5 Å². The maximum Gasteiger partial charge on any atom is 0.325 e. The van der Waals surface area contributed by atoms with Gasteiger partial charge in [-0.3, -0.25) is 4.79 Å². The monoisotopic (exact) mass is 293 g/mol. The summed E-state index contributed by atoms with van der Waals surface area (Å²) in [6.07, 6.45) is 0. The third kappa shape index (κ3) is 3.44. The number of rotatable bonds is 4. The number of benzene rings is 1. The standard InChI is InChI=1S/C10H10BrF2NO2/c1-2-16-9(15)5-14-10-7(11)3-6(12)4-8(10)13/h3-4,14H,2,5H2,1H3. The topological polar surface area (TPSA) is 38.3 Å². The van der Waals surface area contributed by atoms with Gasteiger partial charge in [0.15, 0.2) is 0 Å². The first-order valence-electron chi connectivity index (χ1n) is 4.58. The highest BCUT2D eigenvalue weighted by Crippen LogP contribution is 2.26. The van der Waals surface area contributed by atoms with Gasteiger partial charge < -0.3 is 10.1 Å². The Hall–Kier alpha value is -1.17. The minimum atomic E-state index is -0.767. The summed E-state index contributed by atoms with van der Waals surface area (Å²) in [7, 11) is 0. The van der Waals surface area contributed by atoms with Gasteiger partial charge in [0.25, 0.3) is 0 Å². The number of esters is 1. The summed E-state index contributed by atoms with van der Waals surface area (Å²) in [4.78, 5) is 11.0. The van der Waals surface area contributed by atoms with Gasteiger partial charge in [0.1, 0.15) is 18.2 Å². The average molecular weight is 294 g/mol. The van der Waals surface area contributed by atoms with Crippen molar-refractivity contribution in [3.8, 4) is 0 Å². The van der Waals surface area contributed by atoms with E-state index >= 15 is 0 Å². The van der Waals surface area contributed by atoms with Crippen LogP contribution in [0.2, 0.25) is 0 Å². The summed E-state index contributed by atoms with van der Waals surface area (Å²) in [5.74, 6) is -1.96. The van der Waals surface area contributed by atoms with Crippen LogP contribution >= 0.6 is 15.9 Å². The number of hydrogen-bond acceptors (Lipinski definition) is 3. The number of halogens is 3. The second-order valence-electron chi connectivity index (χ2n) is 2.90. The van der Waals surface area contributed by atoms with Gasteiger partial charge in [-0.15, -0.1) is 0 Å². The fourth-order valence-electron chi connectivity index (χ4n) is 1.08. The lowest BCUT2D eigenvalue weighted by Crippen LogP contribution is -2.17. The van der Waals surface area contributed by atoms with Gasteiger partial charge >= 0.3 is 5.97 Å². The van der Waals surface area contributed by atoms with E-state index in [-0.39, 0.29) is 23.3 Å². The van der Waals surface area contributed by atoms with Gasteiger partial charge in [0.2, 0.25) is 0 Å². The molecule has 0 aromatic heterocycles. The van der Waals surface area contributed by atoms with E-state index in [1.54, 1.807) is 6.92 Å². The average Bonchev–Trinajstić information content (AvgIpc) is 2.16. The molecule has 0 atom stereocenters. The van der Waals surface area contributed by atoms with Crippen molar-refractivity contribution >= 4 is 27.6 Å². The Bertz CT molecular complexity index is 375. The first-order chi connectivity index (χ1) is 7.54. The molecule has 0 heterocycles. The lowest BCUT2D eigenvalue weighted by Gasteiger charge is -2.09. The molecule has 1 rings (SSSR count). The molecular formula is C10H10BrF2NO2. The summed E-state index contributed by atoms with van der Waals surface area (Å²) in [6.45, 7) is 1.76. The van der Waals surface area contributed by atoms with E-state index in [1.807, 2.05) is 0 Å². The van der Waals surface area contributed by atoms with E-state index in [0.717, 1.165) is 12.1 Å². The fourth-order valence-corrected chi connectivity index (χ4v) is 1.63. The van der Waals surface area contributed by atoms with Crippen molar-refractivity contribution in [2.24, 2.45) is 0 Å². The summed E-state index contributed by atoms with van der Waals surface area (Å²) in [5.41, 5.74) is 0.0365. The molecular weight excluding hydrogens is 284 g/mol. The third-order valence-corrected chi connectivity index (χ3v) is 2.35. The zero-order valence-corrected chi connectivity index (χ0v) is 10.1. The summed E-state index contributed by atoms with van der Waals surface area (Å²) in [5, 5.41) is 2.53. The number of nitrogens with one attached hydrogen (secondary N) is 1. The quantitative estimate of drug-likeness (QED) is 0.868. The molecule has 1 aromatic carbocycles. The van der Waals surface area contributed by atoms with Crippen LogP contribution < -0.4 is 5.32 Å². The first-order valence-corrected chi connectivity index (χ1v) is 5.38. The Morgan fingerprint density at radius 1 is 1.50 bits per heavy atom. The third-order valence-electron chi connectivity index (χ3n) is 1.72. The molecule has 0 spiro atoms. The highest BCUT2D eigenvalue weighted by atomic mass is 79.9. The van der Waals surface area contributed by atoms with Crippen LogP contribution in [0.25, 0.3) is 0 Å². The Kier molecular flexibility index (Phi) is 4.67. The molecule has 0 fully saturated rings. The Balaban J connectivity index is 2.70. The Labute approximate surface area is 99.9 Å². The minimum Gasteiger partial charge on any atom is -0.465 e. The van der Waals surface area contributed by atoms with E-state index in [1.165, 1.54) is 0 Å². The van der Waals surface area contributed by atoms with E-state index in [4.69, 9.17) is 0 Å². The van der Waals surface area contributed by atoms with Crippen LogP contribution in [-0.2, 0) is 9.53 Å². The van der Waals surface area contributed by atoms with Gasteiger partial charge in [-0.25, -0.2) is 8.78 Å². The normalized spacial score (nSPS) is 10.0. The predicted molar refractivity (Wildman–Crippen MR) is 59.2 cm³/mol. The summed E-state index contributed by atoms with van der Waals surface area (Å²) >= 11 is 2.99. The van der Waals surface area contributed by atoms with Crippen LogP contribution in [0.3, 0.4) is 0 Å². The highest BCUT2D eigenvalue weighted by Gasteiger charge is 2.10. The second kappa shape index (κ2) is 5.79. The molecule has 0 unspecified atom stereocenters. The molecule has 1 N–H and O–H groups in total. The van der Waals surface area contributed by atoms with Gasteiger partial charge in [-0.2, -0.15) is 0 Å². The maximum atomic E-state index is 13.3. The van der Waals surface area contributed by atoms with Crippen molar-refractivity contribution in [2.45, 2.75) is 6.92 Å². The summed E-state index contributed by atoms with van der Waals surface area (Å²) in [6, 6.07) is 1.84. The molecule has 1 aromatic rings. The van der Waals surface area contributed by atoms with Gasteiger partial charge in [0, 0.05) is 10.5 Å². The molecule has 0 saturated heterocycles. The van der Waals surface area contributed by atoms with Crippen LogP contribution in [0.5, 0.6) is 0 Å². The molecule has 0 aliphatic heterocycles. The van der Waals surface area contributed by atoms with Crippen LogP contribution in [0.15, 0.2) is 16.6 Å². The first kappa shape index (κ1) is 12.9. The number of anilines is 1. The molecule has 0 aliphatic rings. The van der Waals surface area contributed by atoms with E-state index in [0.29, 0.717) is 0 Å². The smallest absolute Gasteiger partial charge is 0.325 e. The minimum absolute atomic E-state index is 0.0365. The van der Waals surface area contributed by atoms with Gasteiger partial charge in [-0.05, 0) is 28.9 Å². The Morgan fingerprint density at radius 3 is 2.75 bits per heavy atom. The van der Waals surface area contributed by atoms with Crippen molar-refractivity contribution in [2.75, 3.05) is 18.5 Å². The van der Waals surface area contributed by atoms with Crippen LogP contribution in [-0.4, -0.2) is 19.1 Å². The molecule has 0 bridgehead atoms. The van der Waals surface area contributed by atoms with Crippen molar-refractivity contribution in [3.63, 3.8) is 0 Å². The molecule has 0 saturated carbocycles.